The lowest BCUT2D eigenvalue weighted by Crippen LogP contribution is -2.38. The molecule has 0 aromatic heterocycles. The van der Waals surface area contributed by atoms with Crippen molar-refractivity contribution in [3.63, 3.8) is 0 Å². The van der Waals surface area contributed by atoms with Gasteiger partial charge in [-0.05, 0) is 18.6 Å². The van der Waals surface area contributed by atoms with Crippen LogP contribution in [-0.4, -0.2) is 36.4 Å². The van der Waals surface area contributed by atoms with Crippen molar-refractivity contribution in [2.45, 2.75) is 12.5 Å². The van der Waals surface area contributed by atoms with Gasteiger partial charge in [-0.3, -0.25) is 0 Å². The molecule has 8 heteroatoms. The fraction of sp³-hybridized carbons (Fsp3) is 0.333. The Kier molecular flexibility index (Phi) is 4.69. The summed E-state index contributed by atoms with van der Waals surface area (Å²) in [6.07, 6.45) is 0.716. The third-order valence-electron chi connectivity index (χ3n) is 2.79. The van der Waals surface area contributed by atoms with Crippen LogP contribution in [0.2, 0.25) is 10.0 Å². The van der Waals surface area contributed by atoms with E-state index in [9.17, 15) is 9.59 Å². The maximum atomic E-state index is 11.8. The number of halogens is 2. The van der Waals surface area contributed by atoms with E-state index in [1.807, 2.05) is 0 Å². The fourth-order valence-corrected chi connectivity index (χ4v) is 2.39. The summed E-state index contributed by atoms with van der Waals surface area (Å²) < 4.78 is 5.13. The number of nitrogens with one attached hydrogen (secondary N) is 2. The molecule has 1 saturated heterocycles. The number of anilines is 1. The summed E-state index contributed by atoms with van der Waals surface area (Å²) in [7, 11) is 0. The van der Waals surface area contributed by atoms with Crippen LogP contribution in [0.1, 0.15) is 16.8 Å². The molecule has 1 atom stereocenters. The van der Waals surface area contributed by atoms with E-state index in [0.29, 0.717) is 19.6 Å². The average molecular weight is 319 g/mol. The number of rotatable bonds is 3. The Morgan fingerprint density at radius 1 is 1.35 bits per heavy atom. The zero-order chi connectivity index (χ0) is 14.7. The molecule has 0 saturated carbocycles. The van der Waals surface area contributed by atoms with E-state index in [1.54, 1.807) is 0 Å². The minimum Gasteiger partial charge on any atom is -0.478 e. The highest BCUT2D eigenvalue weighted by Gasteiger charge is 2.21. The molecular formula is C12H12Cl2N2O4. The molecule has 1 fully saturated rings. The Hall–Kier alpha value is -1.50. The molecule has 1 aliphatic heterocycles. The molecule has 0 bridgehead atoms. The van der Waals surface area contributed by atoms with Crippen LogP contribution in [-0.2, 0) is 4.74 Å². The molecule has 6 nitrogen and oxygen atoms in total. The Balaban J connectivity index is 2.15. The molecule has 2 amide bonds. The predicted octanol–water partition coefficient (Wildman–Crippen LogP) is 2.60. The third kappa shape index (κ3) is 3.53. The number of carbonyl (C=O) groups excluding carboxylic acids is 1. The Morgan fingerprint density at radius 3 is 2.70 bits per heavy atom. The van der Waals surface area contributed by atoms with Gasteiger partial charge in [0.25, 0.3) is 0 Å². The van der Waals surface area contributed by atoms with Gasteiger partial charge in [0.05, 0.1) is 28.9 Å². The molecule has 1 unspecified atom stereocenters. The van der Waals surface area contributed by atoms with Gasteiger partial charge in [0.2, 0.25) is 0 Å². The first-order valence-corrected chi connectivity index (χ1v) is 6.60. The Morgan fingerprint density at radius 2 is 2.10 bits per heavy atom. The molecule has 1 aromatic carbocycles. The molecule has 20 heavy (non-hydrogen) atoms. The largest absolute Gasteiger partial charge is 0.478 e. The van der Waals surface area contributed by atoms with Crippen LogP contribution in [0.25, 0.3) is 0 Å². The molecule has 1 aromatic rings. The molecule has 3 N–H and O–H groups in total. The van der Waals surface area contributed by atoms with Crippen LogP contribution in [0.4, 0.5) is 10.5 Å². The number of carboxylic acids is 1. The Labute approximate surface area is 125 Å². The van der Waals surface area contributed by atoms with Crippen LogP contribution in [0.5, 0.6) is 0 Å². The number of hydrogen-bond acceptors (Lipinski definition) is 3. The fourth-order valence-electron chi connectivity index (χ4n) is 1.85. The van der Waals surface area contributed by atoms with Gasteiger partial charge in [0, 0.05) is 11.6 Å². The average Bonchev–Trinajstić information content (AvgIpc) is 2.84. The predicted molar refractivity (Wildman–Crippen MR) is 74.8 cm³/mol. The van der Waals surface area contributed by atoms with Crippen molar-refractivity contribution in [3.8, 4) is 0 Å². The van der Waals surface area contributed by atoms with Gasteiger partial charge in [-0.2, -0.15) is 0 Å². The number of carboxylic acid groups (broad SMARTS) is 1. The van der Waals surface area contributed by atoms with Gasteiger partial charge in [0.15, 0.2) is 0 Å². The lowest BCUT2D eigenvalue weighted by Gasteiger charge is -2.14. The molecule has 0 spiro atoms. The maximum Gasteiger partial charge on any atom is 0.337 e. The van der Waals surface area contributed by atoms with Crippen molar-refractivity contribution >= 4 is 40.9 Å². The quantitative estimate of drug-likeness (QED) is 0.799. The van der Waals surface area contributed by atoms with Crippen LogP contribution < -0.4 is 10.6 Å². The minimum absolute atomic E-state index is 0.0139. The van der Waals surface area contributed by atoms with Gasteiger partial charge in [0.1, 0.15) is 0 Å². The summed E-state index contributed by atoms with van der Waals surface area (Å²) in [5.41, 5.74) is -0.152. The van der Waals surface area contributed by atoms with Crippen molar-refractivity contribution in [2.24, 2.45) is 0 Å². The van der Waals surface area contributed by atoms with Gasteiger partial charge < -0.3 is 20.5 Å². The van der Waals surface area contributed by atoms with Crippen LogP contribution in [0, 0.1) is 0 Å². The topological polar surface area (TPSA) is 87.7 Å². The van der Waals surface area contributed by atoms with Crippen molar-refractivity contribution in [1.82, 2.24) is 5.32 Å². The van der Waals surface area contributed by atoms with Crippen LogP contribution >= 0.6 is 23.2 Å². The minimum atomic E-state index is -1.23. The van der Waals surface area contributed by atoms with E-state index in [4.69, 9.17) is 33.0 Å². The summed E-state index contributed by atoms with van der Waals surface area (Å²) in [5, 5.41) is 14.5. The number of amides is 2. The van der Waals surface area contributed by atoms with E-state index in [1.165, 1.54) is 12.1 Å². The zero-order valence-corrected chi connectivity index (χ0v) is 11.8. The summed E-state index contributed by atoms with van der Waals surface area (Å²) in [5.74, 6) is -1.23. The first-order chi connectivity index (χ1) is 9.47. The normalized spacial score (nSPS) is 17.8. The van der Waals surface area contributed by atoms with Gasteiger partial charge in [-0.25, -0.2) is 9.59 Å². The smallest absolute Gasteiger partial charge is 0.337 e. The van der Waals surface area contributed by atoms with Crippen LogP contribution in [0.15, 0.2) is 12.1 Å². The van der Waals surface area contributed by atoms with Gasteiger partial charge in [-0.1, -0.05) is 23.2 Å². The van der Waals surface area contributed by atoms with Crippen molar-refractivity contribution in [3.05, 3.63) is 27.7 Å². The molecule has 2 rings (SSSR count). The summed E-state index contributed by atoms with van der Waals surface area (Å²) >= 11 is 11.7. The Bertz CT molecular complexity index is 545. The first kappa shape index (κ1) is 14.9. The van der Waals surface area contributed by atoms with Gasteiger partial charge >= 0.3 is 12.0 Å². The lowest BCUT2D eigenvalue weighted by atomic mass is 10.2. The summed E-state index contributed by atoms with van der Waals surface area (Å²) in [6.45, 7) is 1.03. The van der Waals surface area contributed by atoms with E-state index >= 15 is 0 Å². The second-order valence-corrected chi connectivity index (χ2v) is 5.12. The first-order valence-electron chi connectivity index (χ1n) is 5.85. The third-order valence-corrected chi connectivity index (χ3v) is 3.31. The zero-order valence-electron chi connectivity index (χ0n) is 10.3. The highest BCUT2D eigenvalue weighted by atomic mass is 35.5. The molecule has 0 aliphatic carbocycles. The summed E-state index contributed by atoms with van der Waals surface area (Å²) in [6, 6.07) is 1.97. The molecule has 0 radical (unpaired) electrons. The summed E-state index contributed by atoms with van der Waals surface area (Å²) in [4.78, 5) is 23.0. The molecule has 108 valence electrons. The van der Waals surface area contributed by atoms with E-state index in [0.717, 1.165) is 0 Å². The molecule has 1 heterocycles. The van der Waals surface area contributed by atoms with Crippen molar-refractivity contribution < 1.29 is 19.4 Å². The molecular weight excluding hydrogens is 307 g/mol. The van der Waals surface area contributed by atoms with E-state index in [-0.39, 0.29) is 27.3 Å². The van der Waals surface area contributed by atoms with Gasteiger partial charge in [-0.15, -0.1) is 0 Å². The number of aromatic carboxylic acids is 1. The number of benzene rings is 1. The van der Waals surface area contributed by atoms with E-state index in [2.05, 4.69) is 10.6 Å². The standard InChI is InChI=1S/C12H12Cl2N2O4/c13-6-3-8(11(17)18)10(9(14)4-6)16-12(19)15-7-1-2-20-5-7/h3-4,7H,1-2,5H2,(H,17,18)(H2,15,16,19). The number of carbonyl (C=O) groups is 2. The highest BCUT2D eigenvalue weighted by molar-refractivity contribution is 6.37. The van der Waals surface area contributed by atoms with Crippen molar-refractivity contribution in [2.75, 3.05) is 18.5 Å². The lowest BCUT2D eigenvalue weighted by molar-refractivity contribution is 0.0698. The van der Waals surface area contributed by atoms with E-state index < -0.39 is 12.0 Å². The number of urea groups is 1. The van der Waals surface area contributed by atoms with Crippen molar-refractivity contribution in [1.29, 1.82) is 0 Å². The molecule has 1 aliphatic rings. The highest BCUT2D eigenvalue weighted by Crippen LogP contribution is 2.30. The second-order valence-electron chi connectivity index (χ2n) is 4.27. The second kappa shape index (κ2) is 6.30. The number of ether oxygens (including phenoxy) is 1. The maximum absolute atomic E-state index is 11.8. The number of hydrogen-bond donors (Lipinski definition) is 3. The SMILES string of the molecule is O=C(Nc1c(Cl)cc(Cl)cc1C(=O)O)NC1CCOC1. The monoisotopic (exact) mass is 318 g/mol. The van der Waals surface area contributed by atoms with Crippen LogP contribution in [0.3, 0.4) is 0 Å².